The molecule has 0 spiro atoms. The van der Waals surface area contributed by atoms with Crippen LogP contribution >= 0.6 is 11.3 Å². The molecule has 0 saturated carbocycles. The fraction of sp³-hybridized carbons (Fsp3) is 0.412. The third-order valence-corrected chi connectivity index (χ3v) is 8.95. The van der Waals surface area contributed by atoms with E-state index in [-0.39, 0.29) is 22.2 Å². The molecule has 1 aliphatic heterocycles. The van der Waals surface area contributed by atoms with E-state index in [1.54, 1.807) is 30.7 Å². The largest absolute Gasteiger partial charge is 0.385 e. The Bertz CT molecular complexity index is 996. The maximum atomic E-state index is 12.8. The van der Waals surface area contributed by atoms with Crippen LogP contribution in [0.15, 0.2) is 44.8 Å². The van der Waals surface area contributed by atoms with E-state index in [0.717, 1.165) is 16.9 Å². The SMILES string of the molecule is COCCCN1CC(OS(=O)(=O)c2ccc(C)cc2)c2ccsc2S1(=O)=O. The molecule has 2 aromatic rings. The number of benzene rings is 1. The minimum atomic E-state index is -4.02. The summed E-state index contributed by atoms with van der Waals surface area (Å²) < 4.78 is 62.7. The Morgan fingerprint density at radius 2 is 1.93 bits per heavy atom. The van der Waals surface area contributed by atoms with Crippen LogP contribution in [0.5, 0.6) is 0 Å². The number of sulfonamides is 1. The molecule has 0 aliphatic carbocycles. The van der Waals surface area contributed by atoms with Crippen LogP contribution in [0.2, 0.25) is 0 Å². The lowest BCUT2D eigenvalue weighted by Crippen LogP contribution is -2.41. The van der Waals surface area contributed by atoms with E-state index in [4.69, 9.17) is 8.92 Å². The Balaban J connectivity index is 1.90. The Hall–Kier alpha value is -1.30. The predicted molar refractivity (Wildman–Crippen MR) is 102 cm³/mol. The van der Waals surface area contributed by atoms with Gasteiger partial charge >= 0.3 is 0 Å². The molecular weight excluding hydrogens is 410 g/mol. The van der Waals surface area contributed by atoms with Gasteiger partial charge in [0.2, 0.25) is 0 Å². The van der Waals surface area contributed by atoms with Crippen molar-refractivity contribution in [1.82, 2.24) is 4.31 Å². The molecule has 3 rings (SSSR count). The summed E-state index contributed by atoms with van der Waals surface area (Å²) in [6, 6.07) is 7.95. The highest BCUT2D eigenvalue weighted by Gasteiger charge is 2.40. The fourth-order valence-corrected chi connectivity index (χ4v) is 6.97. The van der Waals surface area contributed by atoms with Gasteiger partial charge in [0.15, 0.2) is 0 Å². The number of hydrogen-bond donors (Lipinski definition) is 0. The highest BCUT2D eigenvalue weighted by Crippen LogP contribution is 2.39. The first-order valence-electron chi connectivity index (χ1n) is 8.32. The third kappa shape index (κ3) is 4.25. The van der Waals surface area contributed by atoms with Crippen molar-refractivity contribution in [3.05, 3.63) is 46.8 Å². The van der Waals surface area contributed by atoms with Gasteiger partial charge in [0.25, 0.3) is 20.1 Å². The molecule has 1 aromatic heterocycles. The van der Waals surface area contributed by atoms with Crippen LogP contribution in [0.3, 0.4) is 0 Å². The first kappa shape index (κ1) is 20.4. The Morgan fingerprint density at radius 1 is 1.22 bits per heavy atom. The third-order valence-electron chi connectivity index (χ3n) is 4.26. The van der Waals surface area contributed by atoms with Crippen LogP contribution in [-0.4, -0.2) is 47.9 Å². The lowest BCUT2D eigenvalue weighted by atomic mass is 10.2. The van der Waals surface area contributed by atoms with Crippen molar-refractivity contribution in [1.29, 1.82) is 0 Å². The quantitative estimate of drug-likeness (QED) is 0.494. The summed E-state index contributed by atoms with van der Waals surface area (Å²) in [7, 11) is -6.14. The number of methoxy groups -OCH3 is 1. The van der Waals surface area contributed by atoms with Crippen molar-refractivity contribution in [2.75, 3.05) is 26.8 Å². The maximum absolute atomic E-state index is 12.8. The van der Waals surface area contributed by atoms with Gasteiger partial charge in [0.05, 0.1) is 4.90 Å². The summed E-state index contributed by atoms with van der Waals surface area (Å²) in [6.07, 6.45) is -0.378. The Morgan fingerprint density at radius 3 is 2.59 bits per heavy atom. The molecular formula is C17H21NO6S3. The highest BCUT2D eigenvalue weighted by atomic mass is 32.2. The number of aryl methyl sites for hydroxylation is 1. The van der Waals surface area contributed by atoms with Crippen molar-refractivity contribution in [2.24, 2.45) is 0 Å². The summed E-state index contributed by atoms with van der Waals surface area (Å²) in [5, 5.41) is 1.63. The lowest BCUT2D eigenvalue weighted by Gasteiger charge is -2.31. The molecule has 148 valence electrons. The highest BCUT2D eigenvalue weighted by molar-refractivity contribution is 7.91. The number of hydrogen-bond acceptors (Lipinski definition) is 7. The van der Waals surface area contributed by atoms with Gasteiger partial charge in [0, 0.05) is 32.4 Å². The van der Waals surface area contributed by atoms with E-state index in [0.29, 0.717) is 18.6 Å². The van der Waals surface area contributed by atoms with Crippen molar-refractivity contribution < 1.29 is 25.8 Å². The molecule has 27 heavy (non-hydrogen) atoms. The van der Waals surface area contributed by atoms with Crippen LogP contribution < -0.4 is 0 Å². The van der Waals surface area contributed by atoms with Gasteiger partial charge in [-0.15, -0.1) is 11.3 Å². The fourth-order valence-electron chi connectivity index (χ4n) is 2.84. The molecule has 1 atom stereocenters. The van der Waals surface area contributed by atoms with Gasteiger partial charge in [-0.3, -0.25) is 4.18 Å². The second kappa shape index (κ2) is 7.98. The molecule has 0 saturated heterocycles. The first-order valence-corrected chi connectivity index (χ1v) is 12.0. The first-order chi connectivity index (χ1) is 12.8. The summed E-state index contributed by atoms with van der Waals surface area (Å²) in [5.74, 6) is 0. The van der Waals surface area contributed by atoms with Crippen LogP contribution in [0, 0.1) is 6.92 Å². The Labute approximate surface area is 163 Å². The second-order valence-corrected chi connectivity index (χ2v) is 10.8. The monoisotopic (exact) mass is 431 g/mol. The minimum Gasteiger partial charge on any atom is -0.385 e. The molecule has 1 unspecified atom stereocenters. The average Bonchev–Trinajstić information content (AvgIpc) is 3.10. The molecule has 0 amide bonds. The van der Waals surface area contributed by atoms with E-state index in [9.17, 15) is 16.8 Å². The van der Waals surface area contributed by atoms with Crippen molar-refractivity contribution in [3.63, 3.8) is 0 Å². The maximum Gasteiger partial charge on any atom is 0.297 e. The van der Waals surface area contributed by atoms with Gasteiger partial charge in [0.1, 0.15) is 10.3 Å². The van der Waals surface area contributed by atoms with E-state index in [1.807, 2.05) is 6.92 Å². The molecule has 0 N–H and O–H groups in total. The second-order valence-electron chi connectivity index (χ2n) is 6.22. The molecule has 0 fully saturated rings. The van der Waals surface area contributed by atoms with Gasteiger partial charge in [-0.2, -0.15) is 12.7 Å². The summed E-state index contributed by atoms with van der Waals surface area (Å²) in [5.41, 5.74) is 1.32. The van der Waals surface area contributed by atoms with E-state index < -0.39 is 26.2 Å². The summed E-state index contributed by atoms with van der Waals surface area (Å²) in [4.78, 5) is 0.0456. The molecule has 0 radical (unpaired) electrons. The van der Waals surface area contributed by atoms with Crippen molar-refractivity contribution >= 4 is 31.5 Å². The molecule has 2 heterocycles. The van der Waals surface area contributed by atoms with E-state index in [1.165, 1.54) is 16.4 Å². The van der Waals surface area contributed by atoms with E-state index >= 15 is 0 Å². The topological polar surface area (TPSA) is 90.0 Å². The van der Waals surface area contributed by atoms with Crippen LogP contribution in [-0.2, 0) is 29.1 Å². The number of ether oxygens (including phenoxy) is 1. The Kier molecular flexibility index (Phi) is 6.04. The zero-order valence-electron chi connectivity index (χ0n) is 15.0. The normalized spacial score (nSPS) is 19.7. The van der Waals surface area contributed by atoms with Gasteiger partial charge in [-0.1, -0.05) is 17.7 Å². The lowest BCUT2D eigenvalue weighted by molar-refractivity contribution is 0.155. The van der Waals surface area contributed by atoms with Crippen LogP contribution in [0.4, 0.5) is 0 Å². The standard InChI is InChI=1S/C17H21NO6S3/c1-13-4-6-14(7-5-13)27(21,22)24-16-12-18(9-3-10-23-2)26(19,20)17-15(16)8-11-25-17/h4-8,11,16H,3,9-10,12H2,1-2H3. The summed E-state index contributed by atoms with van der Waals surface area (Å²) in [6.45, 7) is 2.45. The molecule has 10 heteroatoms. The van der Waals surface area contributed by atoms with Crippen molar-refractivity contribution in [2.45, 2.75) is 28.6 Å². The zero-order chi connectivity index (χ0) is 19.7. The number of nitrogens with zero attached hydrogens (tertiary/aromatic N) is 1. The molecule has 0 bridgehead atoms. The predicted octanol–water partition coefficient (Wildman–Crippen LogP) is 2.54. The summed E-state index contributed by atoms with van der Waals surface area (Å²) >= 11 is 1.07. The minimum absolute atomic E-state index is 0.0456. The number of fused-ring (bicyclic) bond motifs is 1. The smallest absolute Gasteiger partial charge is 0.297 e. The molecule has 1 aliphatic rings. The van der Waals surface area contributed by atoms with Gasteiger partial charge in [-0.25, -0.2) is 8.42 Å². The van der Waals surface area contributed by atoms with Gasteiger partial charge < -0.3 is 4.74 Å². The zero-order valence-corrected chi connectivity index (χ0v) is 17.4. The van der Waals surface area contributed by atoms with E-state index in [2.05, 4.69) is 0 Å². The van der Waals surface area contributed by atoms with Crippen LogP contribution in [0.1, 0.15) is 23.7 Å². The number of thiophene rings is 1. The molecule has 1 aromatic carbocycles. The average molecular weight is 432 g/mol. The molecule has 7 nitrogen and oxygen atoms in total. The van der Waals surface area contributed by atoms with Crippen molar-refractivity contribution in [3.8, 4) is 0 Å². The van der Waals surface area contributed by atoms with Gasteiger partial charge in [-0.05, 0) is 36.9 Å². The number of rotatable bonds is 7. The van der Waals surface area contributed by atoms with Crippen LogP contribution in [0.25, 0.3) is 0 Å².